The number of nitrogens with zero attached hydrogens (tertiary/aromatic N) is 1. The van der Waals surface area contributed by atoms with Crippen molar-refractivity contribution in [2.24, 2.45) is 10.9 Å². The first-order valence-electron chi connectivity index (χ1n) is 6.58. The number of oxime groups is 1. The number of nitrogens with two attached hydrogens (primary N) is 1. The van der Waals surface area contributed by atoms with Crippen LogP contribution in [0.15, 0.2) is 47.6 Å². The largest absolute Gasteiger partial charge is 0.497 e. The molecular weight excluding hydrogens is 320 g/mol. The molecule has 0 aliphatic carbocycles. The van der Waals surface area contributed by atoms with E-state index in [1.807, 2.05) is 0 Å². The van der Waals surface area contributed by atoms with E-state index in [4.69, 9.17) is 31.6 Å². The highest BCUT2D eigenvalue weighted by Crippen LogP contribution is 2.25. The molecule has 0 aliphatic heterocycles. The maximum Gasteiger partial charge on any atom is 0.369 e. The lowest BCUT2D eigenvalue weighted by molar-refractivity contribution is 0.0512. The Kier molecular flexibility index (Phi) is 5.43. The Morgan fingerprint density at radius 1 is 1.09 bits per heavy atom. The van der Waals surface area contributed by atoms with Crippen molar-refractivity contribution < 1.29 is 19.1 Å². The zero-order valence-corrected chi connectivity index (χ0v) is 13.3. The normalized spacial score (nSPS) is 11.0. The second kappa shape index (κ2) is 7.51. The Morgan fingerprint density at radius 3 is 2.39 bits per heavy atom. The maximum atomic E-state index is 12.1. The van der Waals surface area contributed by atoms with E-state index in [0.717, 1.165) is 0 Å². The smallest absolute Gasteiger partial charge is 0.369 e. The molecule has 2 rings (SSSR count). The minimum Gasteiger partial charge on any atom is -0.497 e. The summed E-state index contributed by atoms with van der Waals surface area (Å²) in [4.78, 5) is 16.9. The number of carbonyl (C=O) groups excluding carboxylic acids is 1. The number of ether oxygens (including phenoxy) is 2. The molecule has 0 bridgehead atoms. The van der Waals surface area contributed by atoms with Gasteiger partial charge in [-0.1, -0.05) is 16.8 Å². The highest BCUT2D eigenvalue weighted by atomic mass is 35.5. The third kappa shape index (κ3) is 4.14. The molecule has 7 heteroatoms. The van der Waals surface area contributed by atoms with E-state index < -0.39 is 5.97 Å². The Labute approximate surface area is 138 Å². The number of halogens is 1. The van der Waals surface area contributed by atoms with Crippen LogP contribution in [0.3, 0.4) is 0 Å². The number of methoxy groups -OCH3 is 2. The van der Waals surface area contributed by atoms with Crippen molar-refractivity contribution in [2.45, 2.75) is 0 Å². The minimum absolute atomic E-state index is 0.0579. The van der Waals surface area contributed by atoms with Crippen molar-refractivity contribution in [3.05, 3.63) is 58.6 Å². The molecular formula is C16H15ClN2O4. The van der Waals surface area contributed by atoms with E-state index in [0.29, 0.717) is 22.1 Å². The SMILES string of the molecule is COc1ccc(C(=O)O/N=C(/N)c2ccc(Cl)cc2)c(OC)c1. The fourth-order valence-electron chi connectivity index (χ4n) is 1.78. The van der Waals surface area contributed by atoms with E-state index in [9.17, 15) is 4.79 Å². The van der Waals surface area contributed by atoms with Gasteiger partial charge in [-0.3, -0.25) is 0 Å². The summed E-state index contributed by atoms with van der Waals surface area (Å²) in [5.74, 6) is 0.237. The standard InChI is InChI=1S/C16H15ClN2O4/c1-21-12-7-8-13(14(9-12)22-2)16(20)23-19-15(18)10-3-5-11(17)6-4-10/h3-9H,1-2H3,(H2,18,19). The predicted octanol–water partition coefficient (Wildman–Crippen LogP) is 2.83. The molecule has 0 aromatic heterocycles. The van der Waals surface area contributed by atoms with Crippen LogP contribution in [0.25, 0.3) is 0 Å². The lowest BCUT2D eigenvalue weighted by Gasteiger charge is -2.08. The summed E-state index contributed by atoms with van der Waals surface area (Å²) >= 11 is 5.79. The van der Waals surface area contributed by atoms with Gasteiger partial charge in [-0.15, -0.1) is 0 Å². The van der Waals surface area contributed by atoms with Crippen molar-refractivity contribution in [3.8, 4) is 11.5 Å². The monoisotopic (exact) mass is 334 g/mol. The van der Waals surface area contributed by atoms with E-state index in [1.54, 1.807) is 36.4 Å². The molecule has 0 atom stereocenters. The van der Waals surface area contributed by atoms with Crippen LogP contribution in [0.1, 0.15) is 15.9 Å². The first kappa shape index (κ1) is 16.6. The molecule has 23 heavy (non-hydrogen) atoms. The van der Waals surface area contributed by atoms with Crippen molar-refractivity contribution in [1.29, 1.82) is 0 Å². The van der Waals surface area contributed by atoms with Gasteiger partial charge in [0.15, 0.2) is 5.84 Å². The van der Waals surface area contributed by atoms with Crippen molar-refractivity contribution in [3.63, 3.8) is 0 Å². The van der Waals surface area contributed by atoms with Crippen LogP contribution in [-0.4, -0.2) is 26.0 Å². The fourth-order valence-corrected chi connectivity index (χ4v) is 1.91. The van der Waals surface area contributed by atoms with Crippen LogP contribution in [0, 0.1) is 0 Å². The van der Waals surface area contributed by atoms with Crippen molar-refractivity contribution in [2.75, 3.05) is 14.2 Å². The highest BCUT2D eigenvalue weighted by Gasteiger charge is 2.15. The van der Waals surface area contributed by atoms with E-state index in [-0.39, 0.29) is 11.4 Å². The third-order valence-electron chi connectivity index (χ3n) is 3.00. The molecule has 2 aromatic carbocycles. The molecule has 0 heterocycles. The number of amidine groups is 1. The van der Waals surface area contributed by atoms with Gasteiger partial charge in [-0.25, -0.2) is 4.79 Å². The summed E-state index contributed by atoms with van der Waals surface area (Å²) in [6.07, 6.45) is 0. The van der Waals surface area contributed by atoms with Gasteiger partial charge in [0, 0.05) is 16.7 Å². The average Bonchev–Trinajstić information content (AvgIpc) is 2.59. The minimum atomic E-state index is -0.693. The van der Waals surface area contributed by atoms with Crippen molar-refractivity contribution in [1.82, 2.24) is 0 Å². The lowest BCUT2D eigenvalue weighted by atomic mass is 10.2. The van der Waals surface area contributed by atoms with Crippen LogP contribution in [-0.2, 0) is 4.84 Å². The van der Waals surface area contributed by atoms with Gasteiger partial charge in [0.25, 0.3) is 0 Å². The van der Waals surface area contributed by atoms with Gasteiger partial charge in [0.2, 0.25) is 0 Å². The first-order chi connectivity index (χ1) is 11.0. The number of rotatable bonds is 5. The van der Waals surface area contributed by atoms with Gasteiger partial charge in [-0.2, -0.15) is 0 Å². The summed E-state index contributed by atoms with van der Waals surface area (Å²) in [5, 5.41) is 4.20. The molecule has 0 saturated carbocycles. The van der Waals surface area contributed by atoms with Crippen LogP contribution in [0.2, 0.25) is 5.02 Å². The molecule has 0 unspecified atom stereocenters. The highest BCUT2D eigenvalue weighted by molar-refractivity contribution is 6.30. The van der Waals surface area contributed by atoms with Crippen LogP contribution in [0.5, 0.6) is 11.5 Å². The number of benzene rings is 2. The Hall–Kier alpha value is -2.73. The zero-order valence-electron chi connectivity index (χ0n) is 12.6. The second-order valence-corrected chi connectivity index (χ2v) is 4.86. The van der Waals surface area contributed by atoms with Crippen LogP contribution < -0.4 is 15.2 Å². The topological polar surface area (TPSA) is 83.1 Å². The van der Waals surface area contributed by atoms with Gasteiger partial charge in [0.05, 0.1) is 14.2 Å². The number of hydrogen-bond acceptors (Lipinski definition) is 5. The first-order valence-corrected chi connectivity index (χ1v) is 6.95. The molecule has 0 amide bonds. The number of carbonyl (C=O) groups is 1. The van der Waals surface area contributed by atoms with Gasteiger partial charge < -0.3 is 20.0 Å². The zero-order chi connectivity index (χ0) is 16.8. The third-order valence-corrected chi connectivity index (χ3v) is 3.25. The molecule has 0 aliphatic rings. The molecule has 0 radical (unpaired) electrons. The van der Waals surface area contributed by atoms with Crippen molar-refractivity contribution >= 4 is 23.4 Å². The Morgan fingerprint density at radius 2 is 1.78 bits per heavy atom. The average molecular weight is 335 g/mol. The molecule has 120 valence electrons. The molecule has 0 saturated heterocycles. The van der Waals surface area contributed by atoms with E-state index >= 15 is 0 Å². The molecule has 2 aromatic rings. The second-order valence-electron chi connectivity index (χ2n) is 4.43. The molecule has 0 spiro atoms. The van der Waals surface area contributed by atoms with Crippen LogP contribution >= 0.6 is 11.6 Å². The fraction of sp³-hybridized carbons (Fsp3) is 0.125. The summed E-state index contributed by atoms with van der Waals surface area (Å²) in [6.45, 7) is 0. The Bertz CT molecular complexity index is 729. The van der Waals surface area contributed by atoms with E-state index in [2.05, 4.69) is 5.16 Å². The quantitative estimate of drug-likeness (QED) is 0.393. The molecule has 6 nitrogen and oxygen atoms in total. The summed E-state index contributed by atoms with van der Waals surface area (Å²) in [5.41, 5.74) is 6.56. The molecule has 2 N–H and O–H groups in total. The summed E-state index contributed by atoms with van der Waals surface area (Å²) < 4.78 is 10.2. The summed E-state index contributed by atoms with van der Waals surface area (Å²) in [6, 6.07) is 11.4. The maximum absolute atomic E-state index is 12.1. The Balaban J connectivity index is 2.15. The van der Waals surface area contributed by atoms with E-state index in [1.165, 1.54) is 20.3 Å². The summed E-state index contributed by atoms with van der Waals surface area (Å²) in [7, 11) is 2.96. The predicted molar refractivity (Wildman–Crippen MR) is 87.1 cm³/mol. The van der Waals surface area contributed by atoms with Gasteiger partial charge in [-0.05, 0) is 36.4 Å². The molecule has 0 fully saturated rings. The number of hydrogen-bond donors (Lipinski definition) is 1. The van der Waals surface area contributed by atoms with Crippen LogP contribution in [0.4, 0.5) is 0 Å². The lowest BCUT2D eigenvalue weighted by Crippen LogP contribution is -2.15. The van der Waals surface area contributed by atoms with Gasteiger partial charge >= 0.3 is 5.97 Å². The van der Waals surface area contributed by atoms with Gasteiger partial charge in [0.1, 0.15) is 17.1 Å².